The van der Waals surface area contributed by atoms with Crippen LogP contribution in [0.5, 0.6) is 0 Å². The zero-order valence-corrected chi connectivity index (χ0v) is 9.61. The van der Waals surface area contributed by atoms with Crippen LogP contribution in [0.3, 0.4) is 0 Å². The lowest BCUT2D eigenvalue weighted by molar-refractivity contribution is -0.125. The zero-order valence-electron chi connectivity index (χ0n) is 9.61. The van der Waals surface area contributed by atoms with Gasteiger partial charge in [-0.05, 0) is 38.5 Å². The summed E-state index contributed by atoms with van der Waals surface area (Å²) in [5.41, 5.74) is 0. The minimum absolute atomic E-state index is 0.215. The van der Waals surface area contributed by atoms with Crippen molar-refractivity contribution in [2.45, 2.75) is 56.7 Å². The minimum Gasteiger partial charge on any atom is -0.353 e. The molecule has 3 aliphatic rings. The van der Waals surface area contributed by atoms with Gasteiger partial charge in [0, 0.05) is 24.0 Å². The van der Waals surface area contributed by atoms with Crippen molar-refractivity contribution in [2.24, 2.45) is 5.92 Å². The summed E-state index contributed by atoms with van der Waals surface area (Å²) in [7, 11) is 0. The molecule has 0 saturated carbocycles. The van der Waals surface area contributed by atoms with Crippen LogP contribution < -0.4 is 10.6 Å². The second kappa shape index (κ2) is 4.21. The highest BCUT2D eigenvalue weighted by atomic mass is 16.1. The molecule has 2 heterocycles. The average Bonchev–Trinajstić information content (AvgIpc) is 2.88. The van der Waals surface area contributed by atoms with E-state index in [1.807, 2.05) is 0 Å². The van der Waals surface area contributed by atoms with E-state index in [0.717, 1.165) is 25.7 Å². The van der Waals surface area contributed by atoms with Crippen molar-refractivity contribution in [3.05, 3.63) is 12.2 Å². The number of piperidine rings is 1. The number of carbonyl (C=O) groups is 1. The number of hydrogen-bond donors (Lipinski definition) is 2. The Labute approximate surface area is 96.7 Å². The van der Waals surface area contributed by atoms with Crippen LogP contribution in [0, 0.1) is 5.92 Å². The zero-order chi connectivity index (χ0) is 11.0. The van der Waals surface area contributed by atoms with Crippen LogP contribution in [0.2, 0.25) is 0 Å². The van der Waals surface area contributed by atoms with Crippen LogP contribution in [0.1, 0.15) is 38.5 Å². The molecule has 2 bridgehead atoms. The fraction of sp³-hybridized carbons (Fsp3) is 0.769. The Morgan fingerprint density at radius 2 is 1.75 bits per heavy atom. The Morgan fingerprint density at radius 1 is 1.12 bits per heavy atom. The first-order valence-electron chi connectivity index (χ1n) is 6.52. The summed E-state index contributed by atoms with van der Waals surface area (Å²) >= 11 is 0. The van der Waals surface area contributed by atoms with E-state index >= 15 is 0 Å². The molecule has 88 valence electrons. The lowest BCUT2D eigenvalue weighted by Crippen LogP contribution is -2.49. The van der Waals surface area contributed by atoms with Gasteiger partial charge < -0.3 is 10.6 Å². The number of carbonyl (C=O) groups excluding carboxylic acids is 1. The van der Waals surface area contributed by atoms with Crippen molar-refractivity contribution in [3.8, 4) is 0 Å². The van der Waals surface area contributed by atoms with E-state index < -0.39 is 0 Å². The van der Waals surface area contributed by atoms with Crippen molar-refractivity contribution >= 4 is 5.91 Å². The van der Waals surface area contributed by atoms with Gasteiger partial charge in [-0.2, -0.15) is 0 Å². The second-order valence-electron chi connectivity index (χ2n) is 5.45. The number of amides is 1. The molecule has 3 nitrogen and oxygen atoms in total. The molecule has 2 unspecified atom stereocenters. The van der Waals surface area contributed by atoms with Crippen LogP contribution in [0.4, 0.5) is 0 Å². The second-order valence-corrected chi connectivity index (χ2v) is 5.45. The SMILES string of the molecule is O=C(NC1CC2CCC(C1)N2)C1CC=CC1. The van der Waals surface area contributed by atoms with Crippen LogP contribution >= 0.6 is 0 Å². The van der Waals surface area contributed by atoms with Crippen LogP contribution in [-0.4, -0.2) is 24.0 Å². The number of nitrogens with one attached hydrogen (secondary N) is 2. The maximum Gasteiger partial charge on any atom is 0.223 e. The van der Waals surface area contributed by atoms with Gasteiger partial charge in [0.1, 0.15) is 0 Å². The maximum atomic E-state index is 12.0. The maximum absolute atomic E-state index is 12.0. The quantitative estimate of drug-likeness (QED) is 0.690. The molecule has 0 aromatic rings. The lowest BCUT2D eigenvalue weighted by Gasteiger charge is -2.30. The first-order valence-corrected chi connectivity index (χ1v) is 6.52. The van der Waals surface area contributed by atoms with E-state index in [1.165, 1.54) is 12.8 Å². The predicted molar refractivity (Wildman–Crippen MR) is 63.0 cm³/mol. The molecule has 0 spiro atoms. The fourth-order valence-corrected chi connectivity index (χ4v) is 3.33. The average molecular weight is 220 g/mol. The van der Waals surface area contributed by atoms with Gasteiger partial charge >= 0.3 is 0 Å². The molecular formula is C13H20N2O. The van der Waals surface area contributed by atoms with E-state index in [2.05, 4.69) is 22.8 Å². The van der Waals surface area contributed by atoms with E-state index in [9.17, 15) is 4.79 Å². The standard InChI is InChI=1S/C13H20N2O/c16-13(9-3-1-2-4-9)15-12-7-10-5-6-11(8-12)14-10/h1-2,9-12,14H,3-8H2,(H,15,16). The number of allylic oxidation sites excluding steroid dienone is 2. The summed E-state index contributed by atoms with van der Waals surface area (Å²) in [6.45, 7) is 0. The molecule has 3 rings (SSSR count). The normalized spacial score (nSPS) is 37.9. The highest BCUT2D eigenvalue weighted by Crippen LogP contribution is 2.27. The van der Waals surface area contributed by atoms with Crippen molar-refractivity contribution in [3.63, 3.8) is 0 Å². The van der Waals surface area contributed by atoms with Crippen molar-refractivity contribution in [1.29, 1.82) is 0 Å². The molecule has 0 radical (unpaired) electrons. The van der Waals surface area contributed by atoms with Crippen molar-refractivity contribution in [1.82, 2.24) is 10.6 Å². The monoisotopic (exact) mass is 220 g/mol. The van der Waals surface area contributed by atoms with E-state index in [-0.39, 0.29) is 11.8 Å². The summed E-state index contributed by atoms with van der Waals surface area (Å²) < 4.78 is 0. The van der Waals surface area contributed by atoms with Gasteiger partial charge in [0.2, 0.25) is 5.91 Å². The largest absolute Gasteiger partial charge is 0.353 e. The molecule has 0 aromatic carbocycles. The summed E-state index contributed by atoms with van der Waals surface area (Å²) in [6, 6.07) is 1.74. The Balaban J connectivity index is 1.52. The number of fused-ring (bicyclic) bond motifs is 2. The Hall–Kier alpha value is -0.830. The highest BCUT2D eigenvalue weighted by molar-refractivity contribution is 5.79. The summed E-state index contributed by atoms with van der Waals surface area (Å²) in [5, 5.41) is 6.84. The van der Waals surface area contributed by atoms with Gasteiger partial charge in [-0.3, -0.25) is 4.79 Å². The van der Waals surface area contributed by atoms with Crippen molar-refractivity contribution in [2.75, 3.05) is 0 Å². The van der Waals surface area contributed by atoms with Crippen LogP contribution in [0.15, 0.2) is 12.2 Å². The van der Waals surface area contributed by atoms with Gasteiger partial charge in [-0.15, -0.1) is 0 Å². The van der Waals surface area contributed by atoms with Gasteiger partial charge in [0.05, 0.1) is 0 Å². The van der Waals surface area contributed by atoms with Gasteiger partial charge in [0.25, 0.3) is 0 Å². The van der Waals surface area contributed by atoms with Crippen molar-refractivity contribution < 1.29 is 4.79 Å². The van der Waals surface area contributed by atoms with Gasteiger partial charge in [0.15, 0.2) is 0 Å². The predicted octanol–water partition coefficient (Wildman–Crippen LogP) is 1.35. The molecular weight excluding hydrogens is 200 g/mol. The first-order chi connectivity index (χ1) is 7.81. The summed E-state index contributed by atoms with van der Waals surface area (Å²) in [6.07, 6.45) is 11.0. The summed E-state index contributed by atoms with van der Waals surface area (Å²) in [4.78, 5) is 12.0. The Morgan fingerprint density at radius 3 is 2.38 bits per heavy atom. The molecule has 16 heavy (non-hydrogen) atoms. The van der Waals surface area contributed by atoms with Crippen LogP contribution in [-0.2, 0) is 4.79 Å². The third-order valence-electron chi connectivity index (χ3n) is 4.20. The number of hydrogen-bond acceptors (Lipinski definition) is 2. The minimum atomic E-state index is 0.215. The molecule has 1 amide bonds. The topological polar surface area (TPSA) is 41.1 Å². The smallest absolute Gasteiger partial charge is 0.223 e. The molecule has 2 N–H and O–H groups in total. The molecule has 1 aliphatic carbocycles. The Bertz CT molecular complexity index is 293. The van der Waals surface area contributed by atoms with Crippen LogP contribution in [0.25, 0.3) is 0 Å². The third kappa shape index (κ3) is 2.01. The van der Waals surface area contributed by atoms with Gasteiger partial charge in [-0.25, -0.2) is 0 Å². The van der Waals surface area contributed by atoms with E-state index in [0.29, 0.717) is 18.1 Å². The molecule has 2 saturated heterocycles. The third-order valence-corrected chi connectivity index (χ3v) is 4.20. The molecule has 0 aromatic heterocycles. The van der Waals surface area contributed by atoms with Gasteiger partial charge in [-0.1, -0.05) is 12.2 Å². The number of rotatable bonds is 2. The lowest BCUT2D eigenvalue weighted by atomic mass is 9.98. The first kappa shape index (κ1) is 10.3. The molecule has 2 atom stereocenters. The van der Waals surface area contributed by atoms with E-state index in [4.69, 9.17) is 0 Å². The molecule has 2 aliphatic heterocycles. The summed E-state index contributed by atoms with van der Waals surface area (Å²) in [5.74, 6) is 0.490. The fourth-order valence-electron chi connectivity index (χ4n) is 3.33. The molecule has 3 heteroatoms. The Kier molecular flexibility index (Phi) is 2.72. The highest BCUT2D eigenvalue weighted by Gasteiger charge is 2.34. The molecule has 2 fully saturated rings. The van der Waals surface area contributed by atoms with E-state index in [1.54, 1.807) is 0 Å².